The number of hydrogen-bond acceptors (Lipinski definition) is 6. The first-order valence-electron chi connectivity index (χ1n) is 8.13. The maximum atomic E-state index is 5.12. The Balaban J connectivity index is 2.22. The molecule has 0 amide bonds. The van der Waals surface area contributed by atoms with Crippen LogP contribution in [0, 0.1) is 11.8 Å². The minimum atomic E-state index is 0.503. The van der Waals surface area contributed by atoms with Crippen molar-refractivity contribution in [2.45, 2.75) is 33.1 Å². The van der Waals surface area contributed by atoms with Crippen LogP contribution in [0.2, 0.25) is 0 Å². The quantitative estimate of drug-likeness (QED) is 0.758. The molecule has 0 aliphatic rings. The molecule has 2 aromatic rings. The summed E-state index contributed by atoms with van der Waals surface area (Å²) in [6.07, 6.45) is 6.33. The highest BCUT2D eigenvalue weighted by Gasteiger charge is 2.06. The van der Waals surface area contributed by atoms with E-state index in [4.69, 9.17) is 4.74 Å². The van der Waals surface area contributed by atoms with Gasteiger partial charge in [0.15, 0.2) is 0 Å². The van der Waals surface area contributed by atoms with Crippen LogP contribution < -0.4 is 15.4 Å². The van der Waals surface area contributed by atoms with Crippen molar-refractivity contribution in [2.24, 2.45) is 0 Å². The van der Waals surface area contributed by atoms with E-state index in [-0.39, 0.29) is 0 Å². The highest BCUT2D eigenvalue weighted by atomic mass is 16.5. The van der Waals surface area contributed by atoms with E-state index in [1.807, 2.05) is 6.07 Å². The molecule has 2 rings (SSSR count). The monoisotopic (exact) mass is 325 g/mol. The van der Waals surface area contributed by atoms with Crippen LogP contribution >= 0.6 is 0 Å². The molecule has 0 aliphatic heterocycles. The molecule has 0 aromatic carbocycles. The Bertz CT molecular complexity index is 721. The van der Waals surface area contributed by atoms with E-state index in [1.165, 1.54) is 0 Å². The predicted molar refractivity (Wildman–Crippen MR) is 96.7 cm³/mol. The smallest absolute Gasteiger partial charge is 0.229 e. The van der Waals surface area contributed by atoms with Gasteiger partial charge in [0.1, 0.15) is 5.82 Å². The normalized spacial score (nSPS) is 9.79. The van der Waals surface area contributed by atoms with Crippen LogP contribution in [-0.4, -0.2) is 28.6 Å². The maximum Gasteiger partial charge on any atom is 0.229 e. The molecule has 0 atom stereocenters. The van der Waals surface area contributed by atoms with Gasteiger partial charge in [0.2, 0.25) is 11.8 Å². The first-order chi connectivity index (χ1) is 11.8. The zero-order chi connectivity index (χ0) is 17.2. The Morgan fingerprint density at radius 2 is 2.08 bits per heavy atom. The van der Waals surface area contributed by atoms with Crippen LogP contribution in [-0.2, 0) is 0 Å². The molecule has 2 N–H and O–H groups in total. The van der Waals surface area contributed by atoms with Crippen molar-refractivity contribution >= 4 is 17.5 Å². The van der Waals surface area contributed by atoms with Crippen molar-refractivity contribution in [1.29, 1.82) is 0 Å². The molecular weight excluding hydrogens is 302 g/mol. The van der Waals surface area contributed by atoms with E-state index in [1.54, 1.807) is 25.6 Å². The average molecular weight is 325 g/mol. The predicted octanol–water partition coefficient (Wildman–Crippen LogP) is 3.60. The molecule has 126 valence electrons. The van der Waals surface area contributed by atoms with Gasteiger partial charge in [-0.2, -0.15) is 4.98 Å². The summed E-state index contributed by atoms with van der Waals surface area (Å²) in [7, 11) is 1.58. The van der Waals surface area contributed by atoms with Gasteiger partial charge in [-0.25, -0.2) is 9.97 Å². The Morgan fingerprint density at radius 1 is 1.21 bits per heavy atom. The first-order valence-corrected chi connectivity index (χ1v) is 8.13. The second kappa shape index (κ2) is 9.36. The van der Waals surface area contributed by atoms with Crippen molar-refractivity contribution < 1.29 is 4.74 Å². The van der Waals surface area contributed by atoms with Gasteiger partial charge in [0.05, 0.1) is 18.9 Å². The van der Waals surface area contributed by atoms with Crippen LogP contribution in [0.5, 0.6) is 5.88 Å². The zero-order valence-electron chi connectivity index (χ0n) is 14.4. The SMILES string of the molecule is CCCC#Cc1cnc(Nc2ccnc(OC)c2)nc1NCCC. The number of methoxy groups -OCH3 is 1. The molecule has 0 spiro atoms. The number of anilines is 3. The molecule has 6 nitrogen and oxygen atoms in total. The van der Waals surface area contributed by atoms with E-state index in [2.05, 4.69) is 51.3 Å². The van der Waals surface area contributed by atoms with Crippen LogP contribution in [0.3, 0.4) is 0 Å². The second-order valence-corrected chi connectivity index (χ2v) is 5.15. The molecule has 2 aromatic heterocycles. The summed E-state index contributed by atoms with van der Waals surface area (Å²) < 4.78 is 5.12. The number of hydrogen-bond donors (Lipinski definition) is 2. The maximum absolute atomic E-state index is 5.12. The summed E-state index contributed by atoms with van der Waals surface area (Å²) in [5, 5.41) is 6.47. The van der Waals surface area contributed by atoms with E-state index in [0.717, 1.165) is 42.9 Å². The van der Waals surface area contributed by atoms with E-state index >= 15 is 0 Å². The molecule has 6 heteroatoms. The molecule has 2 heterocycles. The van der Waals surface area contributed by atoms with Gasteiger partial charge in [-0.1, -0.05) is 25.7 Å². The lowest BCUT2D eigenvalue weighted by molar-refractivity contribution is 0.398. The topological polar surface area (TPSA) is 72.0 Å². The fourth-order valence-electron chi connectivity index (χ4n) is 1.92. The minimum absolute atomic E-state index is 0.503. The second-order valence-electron chi connectivity index (χ2n) is 5.15. The van der Waals surface area contributed by atoms with Gasteiger partial charge < -0.3 is 15.4 Å². The van der Waals surface area contributed by atoms with E-state index in [9.17, 15) is 0 Å². The number of unbranched alkanes of at least 4 members (excludes halogenated alkanes) is 1. The van der Waals surface area contributed by atoms with Crippen molar-refractivity contribution in [2.75, 3.05) is 24.3 Å². The third-order valence-corrected chi connectivity index (χ3v) is 3.13. The summed E-state index contributed by atoms with van der Waals surface area (Å²) in [4.78, 5) is 13.0. The fourth-order valence-corrected chi connectivity index (χ4v) is 1.92. The third kappa shape index (κ3) is 5.13. The molecule has 0 aliphatic carbocycles. The Hall–Kier alpha value is -2.81. The Labute approximate surface area is 143 Å². The summed E-state index contributed by atoms with van der Waals surface area (Å²) in [6, 6.07) is 3.62. The number of aromatic nitrogens is 3. The lowest BCUT2D eigenvalue weighted by Gasteiger charge is -2.10. The molecule has 0 unspecified atom stereocenters. The summed E-state index contributed by atoms with van der Waals surface area (Å²) in [5.41, 5.74) is 1.63. The summed E-state index contributed by atoms with van der Waals surface area (Å²) >= 11 is 0. The highest BCUT2D eigenvalue weighted by Crippen LogP contribution is 2.19. The van der Waals surface area contributed by atoms with E-state index in [0.29, 0.717) is 11.8 Å². The van der Waals surface area contributed by atoms with Crippen LogP contribution in [0.4, 0.5) is 17.5 Å². The number of ether oxygens (including phenoxy) is 1. The Morgan fingerprint density at radius 3 is 2.83 bits per heavy atom. The molecule has 0 saturated carbocycles. The van der Waals surface area contributed by atoms with Crippen molar-refractivity contribution in [3.63, 3.8) is 0 Å². The number of nitrogens with one attached hydrogen (secondary N) is 2. The molecule has 24 heavy (non-hydrogen) atoms. The molecule has 0 fully saturated rings. The standard InChI is InChI=1S/C18H23N5O/c1-4-6-7-8-14-13-21-18(23-17(14)20-10-5-2)22-15-9-11-19-16(12-15)24-3/h9,11-13H,4-6,10H2,1-3H3,(H2,19,20,21,22,23). The van der Waals surface area contributed by atoms with Crippen molar-refractivity contribution in [3.8, 4) is 17.7 Å². The number of nitrogens with zero attached hydrogens (tertiary/aromatic N) is 3. The number of pyridine rings is 1. The van der Waals surface area contributed by atoms with Gasteiger partial charge in [0.25, 0.3) is 0 Å². The van der Waals surface area contributed by atoms with Gasteiger partial charge in [-0.3, -0.25) is 0 Å². The summed E-state index contributed by atoms with van der Waals surface area (Å²) in [5.74, 6) is 8.06. The lowest BCUT2D eigenvalue weighted by Crippen LogP contribution is -2.07. The van der Waals surface area contributed by atoms with Crippen LogP contribution in [0.15, 0.2) is 24.5 Å². The van der Waals surface area contributed by atoms with Crippen molar-refractivity contribution in [1.82, 2.24) is 15.0 Å². The molecule has 0 radical (unpaired) electrons. The minimum Gasteiger partial charge on any atom is -0.481 e. The van der Waals surface area contributed by atoms with Gasteiger partial charge in [-0.05, 0) is 18.9 Å². The van der Waals surface area contributed by atoms with Crippen LogP contribution in [0.1, 0.15) is 38.7 Å². The van der Waals surface area contributed by atoms with Gasteiger partial charge >= 0.3 is 0 Å². The third-order valence-electron chi connectivity index (χ3n) is 3.13. The highest BCUT2D eigenvalue weighted by molar-refractivity contribution is 5.59. The lowest BCUT2D eigenvalue weighted by atomic mass is 10.2. The van der Waals surface area contributed by atoms with Gasteiger partial charge in [-0.15, -0.1) is 0 Å². The molecule has 0 bridgehead atoms. The molecule has 0 saturated heterocycles. The first kappa shape index (κ1) is 17.5. The Kier molecular flexibility index (Phi) is 6.84. The number of rotatable bonds is 7. The summed E-state index contributed by atoms with van der Waals surface area (Å²) in [6.45, 7) is 5.05. The molecular formula is C18H23N5O. The largest absolute Gasteiger partial charge is 0.481 e. The van der Waals surface area contributed by atoms with Gasteiger partial charge in [0, 0.05) is 30.9 Å². The fraction of sp³-hybridized carbons (Fsp3) is 0.389. The van der Waals surface area contributed by atoms with Crippen LogP contribution in [0.25, 0.3) is 0 Å². The van der Waals surface area contributed by atoms with Crippen molar-refractivity contribution in [3.05, 3.63) is 30.1 Å². The average Bonchev–Trinajstić information content (AvgIpc) is 2.61. The zero-order valence-corrected chi connectivity index (χ0v) is 14.4. The van der Waals surface area contributed by atoms with E-state index < -0.39 is 0 Å².